The van der Waals surface area contributed by atoms with Gasteiger partial charge in [0, 0.05) is 0 Å². The third kappa shape index (κ3) is 3.15. The Labute approximate surface area is 122 Å². The zero-order valence-electron chi connectivity index (χ0n) is 9.27. The van der Waals surface area contributed by atoms with E-state index in [2.05, 4.69) is 10.1 Å². The number of hydrazone groups is 1. The van der Waals surface area contributed by atoms with Gasteiger partial charge in [0.05, 0.1) is 18.8 Å². The van der Waals surface area contributed by atoms with E-state index in [1.165, 1.54) is 6.07 Å². The molecule has 1 aromatic rings. The number of carbonyl (C=O) groups is 1. The maximum absolute atomic E-state index is 11.0. The van der Waals surface area contributed by atoms with E-state index in [0.717, 1.165) is 17.3 Å². The number of furan rings is 1. The van der Waals surface area contributed by atoms with Crippen molar-refractivity contribution in [3.63, 3.8) is 0 Å². The molecule has 2 heterocycles. The molecule has 2 rings (SSSR count). The van der Waals surface area contributed by atoms with Crippen molar-refractivity contribution >= 4 is 24.0 Å². The Morgan fingerprint density at radius 1 is 1.56 bits per heavy atom. The molecule has 0 bridgehead atoms. The maximum Gasteiger partial charge on any atom is 1.00 e. The molecule has 10 heteroatoms. The minimum absolute atomic E-state index is 0. The van der Waals surface area contributed by atoms with Crippen molar-refractivity contribution in [2.75, 3.05) is 6.54 Å². The molecule has 0 fully saturated rings. The van der Waals surface area contributed by atoms with E-state index >= 15 is 0 Å². The molecule has 0 radical (unpaired) electrons. The number of amides is 2. The Balaban J connectivity index is 0.00000162. The second kappa shape index (κ2) is 5.76. The fourth-order valence-corrected chi connectivity index (χ4v) is 1.12. The second-order valence-electron chi connectivity index (χ2n) is 3.02. The third-order valence-corrected chi connectivity index (χ3v) is 1.84. The van der Waals surface area contributed by atoms with Crippen LogP contribution < -0.4 is 34.7 Å². The number of rotatable bonds is 3. The number of aliphatic imine (C=N–C) groups is 1. The minimum atomic E-state index is -0.771. The molecule has 0 saturated carbocycles. The van der Waals surface area contributed by atoms with Gasteiger partial charge in [-0.25, -0.2) is 14.8 Å². The first-order chi connectivity index (χ1) is 8.06. The van der Waals surface area contributed by atoms with Crippen LogP contribution in [0.2, 0.25) is 0 Å². The van der Waals surface area contributed by atoms with E-state index < -0.39 is 22.7 Å². The SMILES string of the molecule is O=C1N=C([O-])CN1/N=C/c1ccc([N+](=O)[O-])o1.[Na+]. The quantitative estimate of drug-likeness (QED) is 0.244. The summed E-state index contributed by atoms with van der Waals surface area (Å²) in [5, 5.41) is 25.5. The number of nitro groups is 1. The number of hydrogen-bond donors (Lipinski definition) is 0. The fourth-order valence-electron chi connectivity index (χ4n) is 1.12. The summed E-state index contributed by atoms with van der Waals surface area (Å²) in [6.07, 6.45) is 1.10. The topological polar surface area (TPSA) is 124 Å². The number of nitrogens with zero attached hydrogens (tertiary/aromatic N) is 4. The number of hydrogen-bond acceptors (Lipinski definition) is 6. The van der Waals surface area contributed by atoms with Gasteiger partial charge >= 0.3 is 41.5 Å². The van der Waals surface area contributed by atoms with Crippen LogP contribution in [0.25, 0.3) is 0 Å². The van der Waals surface area contributed by atoms with Crippen molar-refractivity contribution in [3.05, 3.63) is 28.0 Å². The van der Waals surface area contributed by atoms with Crippen LogP contribution in [0.4, 0.5) is 10.7 Å². The summed E-state index contributed by atoms with van der Waals surface area (Å²) in [6.45, 7) is -0.238. The van der Waals surface area contributed by atoms with Gasteiger partial charge in [0.2, 0.25) is 0 Å². The van der Waals surface area contributed by atoms with Crippen molar-refractivity contribution in [3.8, 4) is 0 Å². The molecule has 1 aliphatic heterocycles. The Kier molecular flexibility index (Phi) is 4.59. The molecule has 88 valence electrons. The van der Waals surface area contributed by atoms with E-state index in [9.17, 15) is 20.0 Å². The van der Waals surface area contributed by atoms with Gasteiger partial charge in [-0.05, 0) is 12.0 Å². The first-order valence-corrected chi connectivity index (χ1v) is 4.40. The fraction of sp³-hybridized carbons (Fsp3) is 0.125. The zero-order chi connectivity index (χ0) is 12.4. The van der Waals surface area contributed by atoms with E-state index in [1.54, 1.807) is 0 Å². The summed E-state index contributed by atoms with van der Waals surface area (Å²) < 4.78 is 4.77. The smallest absolute Gasteiger partial charge is 0.860 e. The van der Waals surface area contributed by atoms with Crippen molar-refractivity contribution < 1.29 is 48.8 Å². The molecule has 0 atom stereocenters. The molecule has 2 amide bonds. The van der Waals surface area contributed by atoms with Gasteiger partial charge in [-0.1, -0.05) is 0 Å². The number of carbonyl (C=O) groups excluding carboxylic acids is 1. The average Bonchev–Trinajstić information content (AvgIpc) is 2.82. The Hall–Kier alpha value is -1.71. The van der Waals surface area contributed by atoms with Crippen LogP contribution in [0.5, 0.6) is 0 Å². The van der Waals surface area contributed by atoms with Crippen LogP contribution in [0, 0.1) is 10.1 Å². The summed E-state index contributed by atoms with van der Waals surface area (Å²) in [6, 6.07) is 1.71. The molecule has 0 unspecified atom stereocenters. The van der Waals surface area contributed by atoms with Gasteiger partial charge in [0.15, 0.2) is 5.76 Å². The maximum atomic E-state index is 11.0. The summed E-state index contributed by atoms with van der Waals surface area (Å²) in [4.78, 5) is 23.7. The van der Waals surface area contributed by atoms with E-state index in [4.69, 9.17) is 4.42 Å². The second-order valence-corrected chi connectivity index (χ2v) is 3.02. The van der Waals surface area contributed by atoms with Crippen LogP contribution in [0.15, 0.2) is 26.6 Å². The molecule has 0 aromatic carbocycles. The normalized spacial score (nSPS) is 14.8. The van der Waals surface area contributed by atoms with E-state index in [1.807, 2.05) is 0 Å². The molecule has 0 saturated heterocycles. The summed E-state index contributed by atoms with van der Waals surface area (Å²) in [5.41, 5.74) is 0. The molecule has 9 nitrogen and oxygen atoms in total. The molecule has 1 aliphatic rings. The monoisotopic (exact) mass is 260 g/mol. The van der Waals surface area contributed by atoms with Crippen LogP contribution in [-0.2, 0) is 0 Å². The molecule has 0 aliphatic carbocycles. The van der Waals surface area contributed by atoms with Crippen LogP contribution in [0.1, 0.15) is 5.76 Å². The largest absolute Gasteiger partial charge is 1.00 e. The van der Waals surface area contributed by atoms with Crippen LogP contribution >= 0.6 is 0 Å². The van der Waals surface area contributed by atoms with E-state index in [-0.39, 0.29) is 41.9 Å². The van der Waals surface area contributed by atoms with Gasteiger partial charge < -0.3 is 9.52 Å². The molecular formula is C8H5N4NaO5. The Bertz CT molecular complexity index is 537. The molecule has 0 spiro atoms. The molecule has 18 heavy (non-hydrogen) atoms. The summed E-state index contributed by atoms with van der Waals surface area (Å²) in [7, 11) is 0. The minimum Gasteiger partial charge on any atom is -0.860 e. The van der Waals surface area contributed by atoms with Gasteiger partial charge in [0.1, 0.15) is 4.92 Å². The first-order valence-electron chi connectivity index (χ1n) is 4.40. The number of urea groups is 1. The van der Waals surface area contributed by atoms with Crippen molar-refractivity contribution in [2.45, 2.75) is 0 Å². The van der Waals surface area contributed by atoms with Gasteiger partial charge in [-0.3, -0.25) is 10.1 Å². The van der Waals surface area contributed by atoms with Crippen molar-refractivity contribution in [1.29, 1.82) is 0 Å². The summed E-state index contributed by atoms with van der Waals surface area (Å²) >= 11 is 0. The van der Waals surface area contributed by atoms with Crippen LogP contribution in [-0.4, -0.2) is 34.6 Å². The predicted molar refractivity (Wildman–Crippen MR) is 52.5 cm³/mol. The van der Waals surface area contributed by atoms with Gasteiger partial charge in [0.25, 0.3) is 0 Å². The van der Waals surface area contributed by atoms with E-state index in [0.29, 0.717) is 0 Å². The van der Waals surface area contributed by atoms with Crippen molar-refractivity contribution in [1.82, 2.24) is 5.01 Å². The molecule has 1 aromatic heterocycles. The zero-order valence-corrected chi connectivity index (χ0v) is 11.3. The average molecular weight is 260 g/mol. The van der Waals surface area contributed by atoms with Crippen molar-refractivity contribution in [2.24, 2.45) is 10.1 Å². The Morgan fingerprint density at radius 2 is 2.28 bits per heavy atom. The third-order valence-electron chi connectivity index (χ3n) is 1.84. The predicted octanol–water partition coefficient (Wildman–Crippen LogP) is -3.28. The standard InChI is InChI=1S/C8H6N4O5.Na/c13-6-4-11(8(14)10-6)9-3-5-1-2-7(17-5)12(15)16;/h1-3H,4H2,(H,10,13,14);/q;+1/p-1/b9-3+;. The summed E-state index contributed by atoms with van der Waals surface area (Å²) in [5.74, 6) is -0.915. The van der Waals surface area contributed by atoms with Gasteiger partial charge in [-0.15, -0.1) is 0 Å². The molecule has 0 N–H and O–H groups in total. The van der Waals surface area contributed by atoms with Gasteiger partial charge in [-0.2, -0.15) is 5.10 Å². The Morgan fingerprint density at radius 3 is 2.78 bits per heavy atom. The molecular weight excluding hydrogens is 255 g/mol. The first kappa shape index (κ1) is 14.4. The van der Waals surface area contributed by atoms with Crippen LogP contribution in [0.3, 0.4) is 0 Å².